The number of hydrogen-bond acceptors (Lipinski definition) is 16. The van der Waals surface area contributed by atoms with Crippen molar-refractivity contribution in [1.29, 1.82) is 0 Å². The van der Waals surface area contributed by atoms with E-state index in [0.717, 1.165) is 13.8 Å². The lowest BCUT2D eigenvalue weighted by atomic mass is 9.94. The summed E-state index contributed by atoms with van der Waals surface area (Å²) in [5, 5.41) is 97.2. The van der Waals surface area contributed by atoms with E-state index in [1.54, 1.807) is 0 Å². The molecule has 3 aliphatic heterocycles. The summed E-state index contributed by atoms with van der Waals surface area (Å²) in [5.41, 5.74) is 0. The summed E-state index contributed by atoms with van der Waals surface area (Å²) in [6.45, 7) is -0.140. The van der Waals surface area contributed by atoms with Crippen molar-refractivity contribution in [3.05, 3.63) is 0 Å². The van der Waals surface area contributed by atoms with E-state index in [0.29, 0.717) is 0 Å². The lowest BCUT2D eigenvalue weighted by Crippen LogP contribution is -2.69. The van der Waals surface area contributed by atoms with E-state index in [9.17, 15) is 55.5 Å². The molecule has 0 unspecified atom stereocenters. The number of rotatable bonds is 9. The molecule has 3 aliphatic rings. The Morgan fingerprint density at radius 2 is 1.10 bits per heavy atom. The van der Waals surface area contributed by atoms with Crippen LogP contribution in [0, 0.1) is 0 Å². The molecule has 0 spiro atoms. The standard InChI is InChI=1S/C22H38N2O16/c1-6(28)23-11-16(33)18(10(5-27)36-20(11)35)39-22-17(34)19(14(31)9(4-26)38-22)40-21-12(24-7(2)29)15(32)13(30)8(3-25)37-21/h8-22,25-27,30-35H,3-5H2,1-2H3,(H,23,28)(H,24,29)/t8-,9-,10-,11-,12-,13-,14+,15-,16-,17-,18-,19+,20-,21-,22+/m1/s1. The zero-order valence-corrected chi connectivity index (χ0v) is 21.7. The lowest BCUT2D eigenvalue weighted by molar-refractivity contribution is -0.367. The highest BCUT2D eigenvalue weighted by Crippen LogP contribution is 2.32. The Hall–Kier alpha value is -1.62. The van der Waals surface area contributed by atoms with E-state index in [1.807, 2.05) is 0 Å². The van der Waals surface area contributed by atoms with Crippen molar-refractivity contribution in [3.8, 4) is 0 Å². The molecular formula is C22H38N2O16. The van der Waals surface area contributed by atoms with Gasteiger partial charge in [0.1, 0.15) is 73.1 Å². The number of ether oxygens (including phenoxy) is 5. The van der Waals surface area contributed by atoms with Gasteiger partial charge in [0.25, 0.3) is 0 Å². The van der Waals surface area contributed by atoms with Gasteiger partial charge in [0.15, 0.2) is 18.9 Å². The van der Waals surface area contributed by atoms with Gasteiger partial charge in [-0.2, -0.15) is 0 Å². The molecule has 0 aromatic rings. The average molecular weight is 587 g/mol. The second-order valence-corrected chi connectivity index (χ2v) is 9.81. The zero-order chi connectivity index (χ0) is 29.9. The molecule has 11 N–H and O–H groups in total. The quantitative estimate of drug-likeness (QED) is 0.120. The Morgan fingerprint density at radius 1 is 0.600 bits per heavy atom. The van der Waals surface area contributed by atoms with Crippen molar-refractivity contribution in [1.82, 2.24) is 10.6 Å². The summed E-state index contributed by atoms with van der Waals surface area (Å²) in [6, 6.07) is -2.84. The third kappa shape index (κ3) is 7.05. The van der Waals surface area contributed by atoms with Crippen LogP contribution in [0.5, 0.6) is 0 Å². The molecule has 40 heavy (non-hydrogen) atoms. The Labute approximate surface area is 228 Å². The molecule has 15 atom stereocenters. The minimum atomic E-state index is -1.92. The van der Waals surface area contributed by atoms with Crippen molar-refractivity contribution >= 4 is 11.8 Å². The topological polar surface area (TPSA) is 286 Å². The van der Waals surface area contributed by atoms with Crippen molar-refractivity contribution in [2.75, 3.05) is 19.8 Å². The van der Waals surface area contributed by atoms with Crippen LogP contribution in [0.25, 0.3) is 0 Å². The molecule has 0 saturated carbocycles. The number of aliphatic hydroxyl groups excluding tert-OH is 9. The van der Waals surface area contributed by atoms with Crippen LogP contribution in [0.4, 0.5) is 0 Å². The molecule has 0 aliphatic carbocycles. The van der Waals surface area contributed by atoms with Gasteiger partial charge in [-0.15, -0.1) is 0 Å². The van der Waals surface area contributed by atoms with Gasteiger partial charge in [0, 0.05) is 13.8 Å². The predicted molar refractivity (Wildman–Crippen MR) is 124 cm³/mol. The van der Waals surface area contributed by atoms with Gasteiger partial charge in [0.2, 0.25) is 11.8 Å². The first-order chi connectivity index (χ1) is 18.8. The fourth-order valence-electron chi connectivity index (χ4n) is 4.86. The fraction of sp³-hybridized carbons (Fsp3) is 0.909. The molecule has 18 heteroatoms. The van der Waals surface area contributed by atoms with E-state index < -0.39 is 124 Å². The summed E-state index contributed by atoms with van der Waals surface area (Å²) < 4.78 is 27.5. The second-order valence-electron chi connectivity index (χ2n) is 9.81. The Balaban J connectivity index is 1.85. The van der Waals surface area contributed by atoms with Crippen molar-refractivity contribution in [2.24, 2.45) is 0 Å². The highest BCUT2D eigenvalue weighted by molar-refractivity contribution is 5.73. The van der Waals surface area contributed by atoms with Crippen LogP contribution in [-0.2, 0) is 33.3 Å². The highest BCUT2D eigenvalue weighted by Gasteiger charge is 2.54. The average Bonchev–Trinajstić information content (AvgIpc) is 2.90. The minimum Gasteiger partial charge on any atom is -0.394 e. The molecule has 0 bridgehead atoms. The third-order valence-corrected chi connectivity index (χ3v) is 6.90. The maximum absolute atomic E-state index is 11.7. The van der Waals surface area contributed by atoms with Gasteiger partial charge in [-0.25, -0.2) is 0 Å². The monoisotopic (exact) mass is 586 g/mol. The second kappa shape index (κ2) is 14.0. The van der Waals surface area contributed by atoms with Crippen molar-refractivity contribution < 1.29 is 79.2 Å². The summed E-state index contributed by atoms with van der Waals surface area (Å²) in [7, 11) is 0. The van der Waals surface area contributed by atoms with Gasteiger partial charge in [-0.3, -0.25) is 9.59 Å². The number of carbonyl (C=O) groups is 2. The molecule has 0 aromatic heterocycles. The highest BCUT2D eigenvalue weighted by atomic mass is 16.7. The van der Waals surface area contributed by atoms with Crippen molar-refractivity contribution in [2.45, 2.75) is 106 Å². The Morgan fingerprint density at radius 3 is 1.65 bits per heavy atom. The summed E-state index contributed by atoms with van der Waals surface area (Å²) >= 11 is 0. The first kappa shape index (κ1) is 32.9. The van der Waals surface area contributed by atoms with Gasteiger partial charge in [0.05, 0.1) is 19.8 Å². The van der Waals surface area contributed by atoms with Gasteiger partial charge < -0.3 is 80.3 Å². The van der Waals surface area contributed by atoms with Gasteiger partial charge in [-0.05, 0) is 0 Å². The van der Waals surface area contributed by atoms with Gasteiger partial charge >= 0.3 is 0 Å². The number of nitrogens with one attached hydrogen (secondary N) is 2. The smallest absolute Gasteiger partial charge is 0.217 e. The van der Waals surface area contributed by atoms with E-state index in [2.05, 4.69) is 10.6 Å². The lowest BCUT2D eigenvalue weighted by Gasteiger charge is -2.48. The molecule has 18 nitrogen and oxygen atoms in total. The van der Waals surface area contributed by atoms with Crippen LogP contribution in [0.15, 0.2) is 0 Å². The summed E-state index contributed by atoms with van der Waals surface area (Å²) in [6.07, 6.45) is -21.4. The molecule has 3 heterocycles. The maximum Gasteiger partial charge on any atom is 0.217 e. The first-order valence-electron chi connectivity index (χ1n) is 12.6. The maximum atomic E-state index is 11.7. The fourth-order valence-corrected chi connectivity index (χ4v) is 4.86. The summed E-state index contributed by atoms with van der Waals surface area (Å²) in [4.78, 5) is 23.3. The van der Waals surface area contributed by atoms with Crippen LogP contribution < -0.4 is 10.6 Å². The van der Waals surface area contributed by atoms with E-state index in [-0.39, 0.29) is 0 Å². The molecule has 3 saturated heterocycles. The summed E-state index contributed by atoms with van der Waals surface area (Å²) in [5.74, 6) is -1.29. The SMILES string of the molecule is CC(=O)N[C@@H]1[C@@H](O)[C@H](O[C@@H]2O[C@H](CO)[C@H](O)[C@H](O[C@H]3O[C@H](CO)[C@@H](O)[C@H](O)[C@H]3NC(C)=O)[C@H]2O)[C@@H](CO)O[C@H]1O. The third-order valence-electron chi connectivity index (χ3n) is 6.90. The zero-order valence-electron chi connectivity index (χ0n) is 21.7. The first-order valence-corrected chi connectivity index (χ1v) is 12.6. The van der Waals surface area contributed by atoms with E-state index in [4.69, 9.17) is 23.7 Å². The van der Waals surface area contributed by atoms with E-state index >= 15 is 0 Å². The predicted octanol–water partition coefficient (Wildman–Crippen LogP) is -7.29. The van der Waals surface area contributed by atoms with E-state index in [1.165, 1.54) is 0 Å². The Bertz CT molecular complexity index is 854. The number of amides is 2. The molecular weight excluding hydrogens is 548 g/mol. The van der Waals surface area contributed by atoms with Crippen LogP contribution in [0.1, 0.15) is 13.8 Å². The molecule has 0 aromatic carbocycles. The van der Waals surface area contributed by atoms with Gasteiger partial charge in [-0.1, -0.05) is 0 Å². The molecule has 232 valence electrons. The largest absolute Gasteiger partial charge is 0.394 e. The Kier molecular flexibility index (Phi) is 11.5. The molecule has 0 radical (unpaired) electrons. The molecule has 3 fully saturated rings. The number of aliphatic hydroxyl groups is 9. The normalized spacial score (nSPS) is 46.0. The van der Waals surface area contributed by atoms with Crippen LogP contribution in [-0.4, -0.2) is 170 Å². The molecule has 2 amide bonds. The van der Waals surface area contributed by atoms with Crippen molar-refractivity contribution in [3.63, 3.8) is 0 Å². The van der Waals surface area contributed by atoms with Crippen LogP contribution in [0.2, 0.25) is 0 Å². The number of hydrogen-bond donors (Lipinski definition) is 11. The minimum absolute atomic E-state index is 0.631. The molecule has 3 rings (SSSR count). The number of carbonyl (C=O) groups excluding carboxylic acids is 2. The van der Waals surface area contributed by atoms with Crippen LogP contribution in [0.3, 0.4) is 0 Å². The van der Waals surface area contributed by atoms with Crippen LogP contribution >= 0.6 is 0 Å².